The number of hydrogen-bond acceptors (Lipinski definition) is 5. The van der Waals surface area contributed by atoms with Gasteiger partial charge in [-0.2, -0.15) is 0 Å². The lowest BCUT2D eigenvalue weighted by Crippen LogP contribution is -1.87. The van der Waals surface area contributed by atoms with Gasteiger partial charge in [-0.3, -0.25) is 14.9 Å². The van der Waals surface area contributed by atoms with E-state index in [0.29, 0.717) is 0 Å². The first-order valence-corrected chi connectivity index (χ1v) is 6.17. The molecule has 0 aliphatic rings. The summed E-state index contributed by atoms with van der Waals surface area (Å²) in [7, 11) is 2.54. The summed E-state index contributed by atoms with van der Waals surface area (Å²) in [5, 5.41) is 10.4. The predicted octanol–water partition coefficient (Wildman–Crippen LogP) is 2.75. The number of non-ortho nitro benzene ring substituents is 1. The number of nitrogens with zero attached hydrogens (tertiary/aromatic N) is 1. The molecular formula is C9H5NO3S2. The van der Waals surface area contributed by atoms with E-state index in [0.717, 1.165) is 20.8 Å². The Hall–Kier alpha value is -1.53. The number of nitro groups is 1. The second kappa shape index (κ2) is 3.92. The lowest BCUT2D eigenvalue weighted by Gasteiger charge is -1.95. The van der Waals surface area contributed by atoms with Crippen LogP contribution in [0.15, 0.2) is 35.1 Å². The van der Waals surface area contributed by atoms with Crippen molar-refractivity contribution < 1.29 is 4.92 Å². The van der Waals surface area contributed by atoms with Crippen molar-refractivity contribution in [3.8, 4) is 10.4 Å². The molecule has 0 N–H and O–H groups in total. The summed E-state index contributed by atoms with van der Waals surface area (Å²) in [6.07, 6.45) is 0. The first-order valence-electron chi connectivity index (χ1n) is 4.02. The molecule has 1 aromatic heterocycles. The molecule has 0 spiro atoms. The molecule has 0 radical (unpaired) electrons. The van der Waals surface area contributed by atoms with Gasteiger partial charge in [-0.05, 0) is 28.0 Å². The molecule has 6 heteroatoms. The van der Waals surface area contributed by atoms with Crippen LogP contribution < -0.4 is 4.74 Å². The summed E-state index contributed by atoms with van der Waals surface area (Å²) in [6.45, 7) is 0. The molecular weight excluding hydrogens is 234 g/mol. The maximum absolute atomic E-state index is 11.0. The predicted molar refractivity (Wildman–Crippen MR) is 60.6 cm³/mol. The molecule has 2 aromatic rings. The summed E-state index contributed by atoms with van der Waals surface area (Å²) >= 11 is 0. The van der Waals surface area contributed by atoms with Crippen molar-refractivity contribution in [3.05, 3.63) is 50.0 Å². The summed E-state index contributed by atoms with van der Waals surface area (Å²) in [5.41, 5.74) is 0.894. The number of nitro benzene ring substituents is 1. The van der Waals surface area contributed by atoms with Crippen LogP contribution in [0.1, 0.15) is 0 Å². The molecule has 4 nitrogen and oxygen atoms in total. The molecule has 1 aromatic carbocycles. The Morgan fingerprint density at radius 1 is 1.13 bits per heavy atom. The van der Waals surface area contributed by atoms with Crippen LogP contribution in [0.2, 0.25) is 0 Å². The van der Waals surface area contributed by atoms with Crippen molar-refractivity contribution in [1.29, 1.82) is 0 Å². The lowest BCUT2D eigenvalue weighted by atomic mass is 10.2. The zero-order valence-corrected chi connectivity index (χ0v) is 9.01. The molecule has 0 unspecified atom stereocenters. The molecule has 0 amide bonds. The molecule has 2 rings (SSSR count). The van der Waals surface area contributed by atoms with Gasteiger partial charge in [0.25, 0.3) is 5.69 Å². The van der Waals surface area contributed by atoms with Crippen molar-refractivity contribution in [2.24, 2.45) is 0 Å². The molecule has 0 saturated heterocycles. The maximum Gasteiger partial charge on any atom is 0.269 e. The van der Waals surface area contributed by atoms with E-state index in [4.69, 9.17) is 0 Å². The van der Waals surface area contributed by atoms with Crippen LogP contribution >= 0.6 is 20.7 Å². The van der Waals surface area contributed by atoms with Crippen molar-refractivity contribution in [2.45, 2.75) is 0 Å². The Morgan fingerprint density at radius 3 is 2.27 bits per heavy atom. The van der Waals surface area contributed by atoms with Crippen LogP contribution in [-0.2, 0) is 0 Å². The minimum Gasteiger partial charge on any atom is -0.277 e. The van der Waals surface area contributed by atoms with Gasteiger partial charge in [0.05, 0.1) is 4.92 Å². The third kappa shape index (κ3) is 2.11. The average Bonchev–Trinajstić information content (AvgIpc) is 2.65. The fourth-order valence-corrected chi connectivity index (χ4v) is 3.01. The highest BCUT2D eigenvalue weighted by Gasteiger charge is 2.06. The van der Waals surface area contributed by atoms with Gasteiger partial charge >= 0.3 is 0 Å². The van der Waals surface area contributed by atoms with Gasteiger partial charge in [-0.15, -0.1) is 0 Å². The normalized spacial score (nSPS) is 10.1. The molecule has 76 valence electrons. The van der Waals surface area contributed by atoms with Crippen LogP contribution in [0, 0.1) is 10.1 Å². The number of rotatable bonds is 2. The molecule has 1 heterocycles. The minimum absolute atomic E-state index is 0.00773. The monoisotopic (exact) mass is 239 g/mol. The van der Waals surface area contributed by atoms with E-state index in [1.807, 2.05) is 0 Å². The topological polar surface area (TPSA) is 60.2 Å². The molecule has 0 aliphatic carbocycles. The largest absolute Gasteiger partial charge is 0.277 e. The van der Waals surface area contributed by atoms with E-state index >= 15 is 0 Å². The van der Waals surface area contributed by atoms with Crippen LogP contribution in [-0.4, -0.2) is 4.92 Å². The standard InChI is InChI=1S/C9H5NO3S2/c11-9-5-8(14-15-9)6-1-3-7(4-2-6)10(12)13/h1-5H. The molecule has 15 heavy (non-hydrogen) atoms. The van der Waals surface area contributed by atoms with Crippen LogP contribution in [0.3, 0.4) is 0 Å². The maximum atomic E-state index is 11.0. The molecule has 0 fully saturated rings. The van der Waals surface area contributed by atoms with Crippen molar-refractivity contribution >= 4 is 26.4 Å². The third-order valence-corrected chi connectivity index (χ3v) is 4.01. The fraction of sp³-hybridized carbons (Fsp3) is 0. The second-order valence-electron chi connectivity index (χ2n) is 2.80. The Morgan fingerprint density at radius 2 is 1.80 bits per heavy atom. The fourth-order valence-electron chi connectivity index (χ4n) is 1.12. The van der Waals surface area contributed by atoms with E-state index in [2.05, 4.69) is 0 Å². The van der Waals surface area contributed by atoms with Gasteiger partial charge in [0.1, 0.15) is 0 Å². The Bertz CT molecular complexity index is 541. The Kier molecular flexibility index (Phi) is 2.61. The Balaban J connectivity index is 2.39. The summed E-state index contributed by atoms with van der Waals surface area (Å²) < 4.78 is 0.00773. The average molecular weight is 239 g/mol. The van der Waals surface area contributed by atoms with Gasteiger partial charge in [0.15, 0.2) is 0 Å². The van der Waals surface area contributed by atoms with Crippen LogP contribution in [0.4, 0.5) is 5.69 Å². The smallest absolute Gasteiger partial charge is 0.269 e. The van der Waals surface area contributed by atoms with Crippen molar-refractivity contribution in [1.82, 2.24) is 0 Å². The first-order chi connectivity index (χ1) is 7.16. The van der Waals surface area contributed by atoms with E-state index in [1.54, 1.807) is 12.1 Å². The van der Waals surface area contributed by atoms with E-state index in [-0.39, 0.29) is 10.4 Å². The molecule has 0 atom stereocenters. The number of benzene rings is 1. The first kappa shape index (κ1) is 10.0. The van der Waals surface area contributed by atoms with E-state index in [9.17, 15) is 14.9 Å². The zero-order chi connectivity index (χ0) is 10.8. The Labute approximate surface area is 92.0 Å². The highest BCUT2D eigenvalue weighted by atomic mass is 32.9. The molecule has 0 bridgehead atoms. The van der Waals surface area contributed by atoms with Gasteiger partial charge in [0, 0.05) is 23.1 Å². The highest BCUT2D eigenvalue weighted by Crippen LogP contribution is 2.26. The van der Waals surface area contributed by atoms with Crippen LogP contribution in [0.25, 0.3) is 10.4 Å². The van der Waals surface area contributed by atoms with Crippen molar-refractivity contribution in [2.75, 3.05) is 0 Å². The highest BCUT2D eigenvalue weighted by molar-refractivity contribution is 7.69. The number of hydrogen-bond donors (Lipinski definition) is 0. The van der Waals surface area contributed by atoms with E-state index < -0.39 is 4.92 Å². The quantitative estimate of drug-likeness (QED) is 0.460. The van der Waals surface area contributed by atoms with Crippen LogP contribution in [0.5, 0.6) is 0 Å². The van der Waals surface area contributed by atoms with Gasteiger partial charge in [-0.25, -0.2) is 0 Å². The van der Waals surface area contributed by atoms with E-state index in [1.165, 1.54) is 28.5 Å². The summed E-state index contributed by atoms with van der Waals surface area (Å²) in [6, 6.07) is 7.71. The van der Waals surface area contributed by atoms with Crippen molar-refractivity contribution in [3.63, 3.8) is 0 Å². The lowest BCUT2D eigenvalue weighted by molar-refractivity contribution is -0.384. The van der Waals surface area contributed by atoms with Gasteiger partial charge in [-0.1, -0.05) is 10.3 Å². The third-order valence-electron chi connectivity index (χ3n) is 1.83. The summed E-state index contributed by atoms with van der Waals surface area (Å²) in [4.78, 5) is 21.8. The molecule has 0 aliphatic heterocycles. The van der Waals surface area contributed by atoms with Gasteiger partial charge in [0.2, 0.25) is 4.74 Å². The second-order valence-corrected chi connectivity index (χ2v) is 4.97. The minimum atomic E-state index is -0.445. The zero-order valence-electron chi connectivity index (χ0n) is 7.38. The SMILES string of the molecule is O=c1cc(-c2ccc([N+](=O)[O-])cc2)ss1. The van der Waals surface area contributed by atoms with Gasteiger partial charge < -0.3 is 0 Å². The molecule has 0 saturated carbocycles. The summed E-state index contributed by atoms with van der Waals surface area (Å²) in [5.74, 6) is 0.